The van der Waals surface area contributed by atoms with Crippen molar-refractivity contribution in [3.8, 4) is 0 Å². The molecule has 0 heterocycles. The third-order valence-corrected chi connectivity index (χ3v) is 4.55. The minimum atomic E-state index is -0.480. The summed E-state index contributed by atoms with van der Waals surface area (Å²) in [6.07, 6.45) is 6.90. The van der Waals surface area contributed by atoms with Gasteiger partial charge in [-0.2, -0.15) is 0 Å². The van der Waals surface area contributed by atoms with Gasteiger partial charge in [-0.25, -0.2) is 0 Å². The Bertz CT molecular complexity index is 584. The van der Waals surface area contributed by atoms with Crippen LogP contribution in [0.2, 0.25) is 0 Å². The molecular formula is C20H31N3O2. The van der Waals surface area contributed by atoms with E-state index in [4.69, 9.17) is 5.73 Å². The van der Waals surface area contributed by atoms with E-state index < -0.39 is 6.04 Å². The maximum atomic E-state index is 12.3. The number of hydrogen-bond acceptors (Lipinski definition) is 3. The maximum absolute atomic E-state index is 12.3. The smallest absolute Gasteiger partial charge is 0.251 e. The zero-order valence-corrected chi connectivity index (χ0v) is 15.6. The van der Waals surface area contributed by atoms with Gasteiger partial charge in [0.1, 0.15) is 0 Å². The van der Waals surface area contributed by atoms with Gasteiger partial charge in [0.25, 0.3) is 5.91 Å². The zero-order chi connectivity index (χ0) is 18.4. The van der Waals surface area contributed by atoms with E-state index in [9.17, 15) is 9.59 Å². The monoisotopic (exact) mass is 345 g/mol. The Morgan fingerprint density at radius 3 is 2.28 bits per heavy atom. The molecule has 1 aromatic carbocycles. The van der Waals surface area contributed by atoms with E-state index in [1.165, 1.54) is 32.1 Å². The number of carbonyl (C=O) groups is 2. The van der Waals surface area contributed by atoms with Crippen LogP contribution >= 0.6 is 0 Å². The van der Waals surface area contributed by atoms with E-state index in [0.29, 0.717) is 17.2 Å². The molecule has 0 aromatic heterocycles. The van der Waals surface area contributed by atoms with E-state index in [1.807, 2.05) is 20.8 Å². The van der Waals surface area contributed by atoms with Crippen molar-refractivity contribution in [3.63, 3.8) is 0 Å². The first-order chi connectivity index (χ1) is 11.7. The van der Waals surface area contributed by atoms with Crippen LogP contribution in [0.1, 0.15) is 69.7 Å². The van der Waals surface area contributed by atoms with Crippen molar-refractivity contribution in [2.75, 3.05) is 5.32 Å². The number of rotatable bonds is 5. The van der Waals surface area contributed by atoms with Crippen LogP contribution in [0.5, 0.6) is 0 Å². The zero-order valence-electron chi connectivity index (χ0n) is 15.6. The second-order valence-corrected chi connectivity index (χ2v) is 8.12. The molecule has 25 heavy (non-hydrogen) atoms. The lowest BCUT2D eigenvalue weighted by Crippen LogP contribution is -2.40. The summed E-state index contributed by atoms with van der Waals surface area (Å²) in [7, 11) is 0. The molecule has 4 N–H and O–H groups in total. The van der Waals surface area contributed by atoms with Crippen LogP contribution in [0.25, 0.3) is 0 Å². The molecule has 1 unspecified atom stereocenters. The van der Waals surface area contributed by atoms with Crippen LogP contribution in [0.3, 0.4) is 0 Å². The molecule has 1 aliphatic rings. The van der Waals surface area contributed by atoms with Crippen LogP contribution in [0, 0.1) is 5.92 Å². The molecule has 2 amide bonds. The van der Waals surface area contributed by atoms with Crippen molar-refractivity contribution in [1.29, 1.82) is 0 Å². The highest BCUT2D eigenvalue weighted by Crippen LogP contribution is 2.27. The first-order valence-corrected chi connectivity index (χ1v) is 9.23. The Labute approximate surface area is 150 Å². The SMILES string of the molecule is CC(C)(C)NC(=O)c1ccc(NC(=O)C(N)CC2CCCCC2)cc1. The minimum Gasteiger partial charge on any atom is -0.347 e. The number of amides is 2. The van der Waals surface area contributed by atoms with Crippen molar-refractivity contribution in [2.24, 2.45) is 11.7 Å². The third kappa shape index (κ3) is 6.50. The second kappa shape index (κ2) is 8.48. The van der Waals surface area contributed by atoms with Gasteiger partial charge in [-0.05, 0) is 57.4 Å². The molecule has 1 aliphatic carbocycles. The van der Waals surface area contributed by atoms with Crippen LogP contribution < -0.4 is 16.4 Å². The predicted molar refractivity (Wildman–Crippen MR) is 101 cm³/mol. The van der Waals surface area contributed by atoms with Gasteiger partial charge < -0.3 is 16.4 Å². The topological polar surface area (TPSA) is 84.2 Å². The Kier molecular flexibility index (Phi) is 6.59. The predicted octanol–water partition coefficient (Wildman–Crippen LogP) is 3.45. The molecule has 0 bridgehead atoms. The van der Waals surface area contributed by atoms with E-state index in [1.54, 1.807) is 24.3 Å². The molecule has 0 saturated heterocycles. The van der Waals surface area contributed by atoms with Gasteiger partial charge in [0.2, 0.25) is 5.91 Å². The average Bonchev–Trinajstić information content (AvgIpc) is 2.54. The maximum Gasteiger partial charge on any atom is 0.251 e. The van der Waals surface area contributed by atoms with Crippen molar-refractivity contribution in [3.05, 3.63) is 29.8 Å². The molecule has 138 valence electrons. The van der Waals surface area contributed by atoms with Crippen LogP contribution in [-0.4, -0.2) is 23.4 Å². The summed E-state index contributed by atoms with van der Waals surface area (Å²) in [4.78, 5) is 24.4. The molecule has 0 aliphatic heterocycles. The second-order valence-electron chi connectivity index (χ2n) is 8.12. The van der Waals surface area contributed by atoms with Gasteiger partial charge in [0.05, 0.1) is 6.04 Å². The number of nitrogens with one attached hydrogen (secondary N) is 2. The Balaban J connectivity index is 1.87. The van der Waals surface area contributed by atoms with Crippen LogP contribution in [-0.2, 0) is 4.79 Å². The molecule has 0 radical (unpaired) electrons. The van der Waals surface area contributed by atoms with Crippen LogP contribution in [0.15, 0.2) is 24.3 Å². The minimum absolute atomic E-state index is 0.126. The molecule has 1 saturated carbocycles. The molecule has 1 atom stereocenters. The Hall–Kier alpha value is -1.88. The molecule has 1 aromatic rings. The Morgan fingerprint density at radius 1 is 1.12 bits per heavy atom. The number of hydrogen-bond donors (Lipinski definition) is 3. The summed E-state index contributed by atoms with van der Waals surface area (Å²) in [5.74, 6) is 0.287. The first kappa shape index (κ1) is 19.4. The molecule has 0 spiro atoms. The highest BCUT2D eigenvalue weighted by atomic mass is 16.2. The summed E-state index contributed by atoms with van der Waals surface area (Å²) in [5.41, 5.74) is 7.02. The standard InChI is InChI=1S/C20H31N3O2/c1-20(2,3)23-18(24)15-9-11-16(12-10-15)22-19(25)17(21)13-14-7-5-4-6-8-14/h9-12,14,17H,4-8,13,21H2,1-3H3,(H,22,25)(H,23,24). The lowest BCUT2D eigenvalue weighted by molar-refractivity contribution is -0.117. The van der Waals surface area contributed by atoms with Gasteiger partial charge >= 0.3 is 0 Å². The normalized spacial score (nSPS) is 17.0. The van der Waals surface area contributed by atoms with Gasteiger partial charge in [-0.1, -0.05) is 32.1 Å². The number of carbonyl (C=O) groups excluding carboxylic acids is 2. The molecular weight excluding hydrogens is 314 g/mol. The largest absolute Gasteiger partial charge is 0.347 e. The lowest BCUT2D eigenvalue weighted by atomic mass is 9.85. The lowest BCUT2D eigenvalue weighted by Gasteiger charge is -2.24. The number of anilines is 1. The molecule has 1 fully saturated rings. The van der Waals surface area contributed by atoms with Crippen molar-refractivity contribution >= 4 is 17.5 Å². The first-order valence-electron chi connectivity index (χ1n) is 9.23. The van der Waals surface area contributed by atoms with Crippen molar-refractivity contribution in [2.45, 2.75) is 70.9 Å². The summed E-state index contributed by atoms with van der Waals surface area (Å²) < 4.78 is 0. The average molecular weight is 345 g/mol. The fraction of sp³-hybridized carbons (Fsp3) is 0.600. The van der Waals surface area contributed by atoms with Gasteiger partial charge in [-0.15, -0.1) is 0 Å². The van der Waals surface area contributed by atoms with E-state index >= 15 is 0 Å². The molecule has 2 rings (SSSR count). The summed E-state index contributed by atoms with van der Waals surface area (Å²) in [5, 5.41) is 5.76. The summed E-state index contributed by atoms with van der Waals surface area (Å²) in [6, 6.07) is 6.42. The fourth-order valence-corrected chi connectivity index (χ4v) is 3.24. The van der Waals surface area contributed by atoms with Crippen molar-refractivity contribution < 1.29 is 9.59 Å². The van der Waals surface area contributed by atoms with E-state index in [0.717, 1.165) is 6.42 Å². The molecule has 5 nitrogen and oxygen atoms in total. The highest BCUT2D eigenvalue weighted by Gasteiger charge is 2.21. The molecule has 5 heteroatoms. The van der Waals surface area contributed by atoms with Crippen LogP contribution in [0.4, 0.5) is 5.69 Å². The van der Waals surface area contributed by atoms with Gasteiger partial charge in [0, 0.05) is 16.8 Å². The highest BCUT2D eigenvalue weighted by molar-refractivity contribution is 5.97. The van der Waals surface area contributed by atoms with Gasteiger partial charge in [-0.3, -0.25) is 9.59 Å². The van der Waals surface area contributed by atoms with Gasteiger partial charge in [0.15, 0.2) is 0 Å². The van der Waals surface area contributed by atoms with Crippen molar-refractivity contribution in [1.82, 2.24) is 5.32 Å². The Morgan fingerprint density at radius 2 is 1.72 bits per heavy atom. The number of nitrogens with two attached hydrogens (primary N) is 1. The summed E-state index contributed by atoms with van der Waals surface area (Å²) in [6.45, 7) is 5.81. The number of benzene rings is 1. The quantitative estimate of drug-likeness (QED) is 0.764. The van der Waals surface area contributed by atoms with E-state index in [2.05, 4.69) is 10.6 Å². The third-order valence-electron chi connectivity index (χ3n) is 4.55. The van der Waals surface area contributed by atoms with E-state index in [-0.39, 0.29) is 17.4 Å². The fourth-order valence-electron chi connectivity index (χ4n) is 3.24. The summed E-state index contributed by atoms with van der Waals surface area (Å²) >= 11 is 0.